The Morgan fingerprint density at radius 2 is 1.77 bits per heavy atom. The Balaban J connectivity index is 1.78. The van der Waals surface area contributed by atoms with Gasteiger partial charge in [0.25, 0.3) is 5.91 Å². The first-order chi connectivity index (χ1) is 14.7. The number of ether oxygens (including phenoxy) is 2. The SMILES string of the molecule is CCOC(=O)c1c(NC(=O)[C@@H](CC)Oc2ccc(C(C)(C)C)cc2)sc2c1CCCC2. The van der Waals surface area contributed by atoms with E-state index in [2.05, 4.69) is 26.1 Å². The molecule has 0 saturated carbocycles. The van der Waals surface area contributed by atoms with Crippen LogP contribution < -0.4 is 10.1 Å². The summed E-state index contributed by atoms with van der Waals surface area (Å²) in [5.41, 5.74) is 2.83. The van der Waals surface area contributed by atoms with Crippen molar-refractivity contribution in [1.82, 2.24) is 0 Å². The molecule has 1 atom stereocenters. The van der Waals surface area contributed by atoms with Crippen LogP contribution in [-0.4, -0.2) is 24.6 Å². The van der Waals surface area contributed by atoms with Crippen LogP contribution in [0.2, 0.25) is 0 Å². The molecule has 1 aromatic heterocycles. The van der Waals surface area contributed by atoms with Gasteiger partial charge in [-0.25, -0.2) is 4.79 Å². The van der Waals surface area contributed by atoms with E-state index in [0.717, 1.165) is 31.2 Å². The second-order valence-corrected chi connectivity index (χ2v) is 10.0. The number of thiophene rings is 1. The summed E-state index contributed by atoms with van der Waals surface area (Å²) in [7, 11) is 0. The van der Waals surface area contributed by atoms with E-state index >= 15 is 0 Å². The molecule has 1 aliphatic rings. The maximum Gasteiger partial charge on any atom is 0.341 e. The third kappa shape index (κ3) is 5.48. The summed E-state index contributed by atoms with van der Waals surface area (Å²) in [5.74, 6) is 0.0570. The van der Waals surface area contributed by atoms with Crippen molar-refractivity contribution < 1.29 is 19.1 Å². The van der Waals surface area contributed by atoms with Crippen LogP contribution in [-0.2, 0) is 27.8 Å². The zero-order chi connectivity index (χ0) is 22.6. The van der Waals surface area contributed by atoms with Crippen molar-refractivity contribution in [3.05, 3.63) is 45.8 Å². The summed E-state index contributed by atoms with van der Waals surface area (Å²) in [6.07, 6.45) is 3.82. The van der Waals surface area contributed by atoms with Crippen LogP contribution in [0.3, 0.4) is 0 Å². The molecular formula is C25H33NO4S. The van der Waals surface area contributed by atoms with E-state index in [1.807, 2.05) is 31.2 Å². The first kappa shape index (κ1) is 23.3. The quantitative estimate of drug-likeness (QED) is 0.541. The van der Waals surface area contributed by atoms with Crippen molar-refractivity contribution in [2.75, 3.05) is 11.9 Å². The molecule has 0 spiro atoms. The van der Waals surface area contributed by atoms with E-state index in [-0.39, 0.29) is 17.3 Å². The zero-order valence-corrected chi connectivity index (χ0v) is 20.0. The standard InChI is InChI=1S/C25H33NO4S/c1-6-19(30-17-14-12-16(13-15-17)25(3,4)5)22(27)26-23-21(24(28)29-7-2)18-10-8-9-11-20(18)31-23/h12-15,19H,6-11H2,1-5H3,(H,26,27)/t19-/m1/s1. The summed E-state index contributed by atoms with van der Waals surface area (Å²) >= 11 is 1.50. The number of benzene rings is 1. The van der Waals surface area contributed by atoms with Gasteiger partial charge in [-0.1, -0.05) is 39.8 Å². The van der Waals surface area contributed by atoms with Crippen molar-refractivity contribution in [1.29, 1.82) is 0 Å². The molecule has 0 fully saturated rings. The number of carbonyl (C=O) groups is 2. The Kier molecular flexibility index (Phi) is 7.42. The Labute approximate surface area is 189 Å². The maximum absolute atomic E-state index is 13.0. The molecule has 0 saturated heterocycles. The lowest BCUT2D eigenvalue weighted by Gasteiger charge is -2.21. The van der Waals surface area contributed by atoms with Crippen LogP contribution in [0.4, 0.5) is 5.00 Å². The molecule has 2 aromatic rings. The van der Waals surface area contributed by atoms with Gasteiger partial charge in [-0.15, -0.1) is 11.3 Å². The lowest BCUT2D eigenvalue weighted by Crippen LogP contribution is -2.32. The van der Waals surface area contributed by atoms with Gasteiger partial charge in [0, 0.05) is 4.88 Å². The summed E-state index contributed by atoms with van der Waals surface area (Å²) in [6, 6.07) is 7.88. The second-order valence-electron chi connectivity index (χ2n) is 8.91. The van der Waals surface area contributed by atoms with E-state index in [9.17, 15) is 9.59 Å². The molecule has 31 heavy (non-hydrogen) atoms. The summed E-state index contributed by atoms with van der Waals surface area (Å²) in [5, 5.41) is 3.55. The van der Waals surface area contributed by atoms with E-state index in [1.54, 1.807) is 6.92 Å². The number of hydrogen-bond donors (Lipinski definition) is 1. The molecule has 5 nitrogen and oxygen atoms in total. The van der Waals surface area contributed by atoms with E-state index in [1.165, 1.54) is 21.8 Å². The number of esters is 1. The van der Waals surface area contributed by atoms with E-state index in [4.69, 9.17) is 9.47 Å². The minimum atomic E-state index is -0.644. The topological polar surface area (TPSA) is 64.6 Å². The lowest BCUT2D eigenvalue weighted by atomic mass is 9.87. The van der Waals surface area contributed by atoms with Crippen LogP contribution in [0, 0.1) is 0 Å². The smallest absolute Gasteiger partial charge is 0.341 e. The van der Waals surface area contributed by atoms with Crippen LogP contribution in [0.25, 0.3) is 0 Å². The van der Waals surface area contributed by atoms with Crippen LogP contribution >= 0.6 is 11.3 Å². The van der Waals surface area contributed by atoms with Gasteiger partial charge in [0.1, 0.15) is 10.8 Å². The number of fused-ring (bicyclic) bond motifs is 1. The number of aryl methyl sites for hydroxylation is 1. The zero-order valence-electron chi connectivity index (χ0n) is 19.2. The summed E-state index contributed by atoms with van der Waals surface area (Å²) < 4.78 is 11.3. The predicted octanol–water partition coefficient (Wildman–Crippen LogP) is 5.90. The second kappa shape index (κ2) is 9.86. The molecule has 6 heteroatoms. The van der Waals surface area contributed by atoms with Gasteiger partial charge in [-0.2, -0.15) is 0 Å². The molecule has 0 bridgehead atoms. The van der Waals surface area contributed by atoms with E-state index < -0.39 is 6.10 Å². The summed E-state index contributed by atoms with van der Waals surface area (Å²) in [6.45, 7) is 10.5. The fraction of sp³-hybridized carbons (Fsp3) is 0.520. The molecule has 168 valence electrons. The molecular weight excluding hydrogens is 410 g/mol. The molecule has 1 heterocycles. The molecule has 0 aliphatic heterocycles. The third-order valence-corrected chi connectivity index (χ3v) is 6.76. The lowest BCUT2D eigenvalue weighted by molar-refractivity contribution is -0.122. The van der Waals surface area contributed by atoms with Gasteiger partial charge in [0.2, 0.25) is 0 Å². The Hall–Kier alpha value is -2.34. The van der Waals surface area contributed by atoms with Gasteiger partial charge in [0.05, 0.1) is 12.2 Å². The maximum atomic E-state index is 13.0. The van der Waals surface area contributed by atoms with E-state index in [0.29, 0.717) is 29.3 Å². The average Bonchev–Trinajstić information content (AvgIpc) is 3.09. The summed E-state index contributed by atoms with van der Waals surface area (Å²) in [4.78, 5) is 26.8. The molecule has 1 aromatic carbocycles. The normalized spacial score (nSPS) is 14.5. The molecule has 3 rings (SSSR count). The first-order valence-corrected chi connectivity index (χ1v) is 12.0. The van der Waals surface area contributed by atoms with Crippen molar-refractivity contribution in [3.8, 4) is 5.75 Å². The van der Waals surface area contributed by atoms with Crippen molar-refractivity contribution >= 4 is 28.2 Å². The molecule has 1 aliphatic carbocycles. The number of hydrogen-bond acceptors (Lipinski definition) is 5. The van der Waals surface area contributed by atoms with Crippen molar-refractivity contribution in [3.63, 3.8) is 0 Å². The Morgan fingerprint density at radius 3 is 2.39 bits per heavy atom. The Bertz CT molecular complexity index is 924. The number of nitrogens with one attached hydrogen (secondary N) is 1. The van der Waals surface area contributed by atoms with Gasteiger partial charge < -0.3 is 14.8 Å². The molecule has 0 radical (unpaired) electrons. The van der Waals surface area contributed by atoms with Gasteiger partial charge in [-0.05, 0) is 67.7 Å². The molecule has 1 N–H and O–H groups in total. The highest BCUT2D eigenvalue weighted by Gasteiger charge is 2.29. The van der Waals surface area contributed by atoms with Crippen LogP contribution in [0.5, 0.6) is 5.75 Å². The number of amides is 1. The van der Waals surface area contributed by atoms with Crippen LogP contribution in [0.1, 0.15) is 80.2 Å². The average molecular weight is 444 g/mol. The molecule has 0 unspecified atom stereocenters. The van der Waals surface area contributed by atoms with Gasteiger partial charge in [-0.3, -0.25) is 4.79 Å². The van der Waals surface area contributed by atoms with Crippen molar-refractivity contribution in [2.24, 2.45) is 0 Å². The predicted molar refractivity (Wildman–Crippen MR) is 125 cm³/mol. The third-order valence-electron chi connectivity index (χ3n) is 5.55. The van der Waals surface area contributed by atoms with Gasteiger partial charge in [0.15, 0.2) is 6.10 Å². The van der Waals surface area contributed by atoms with Gasteiger partial charge >= 0.3 is 5.97 Å². The number of anilines is 1. The molecule has 1 amide bonds. The highest BCUT2D eigenvalue weighted by Crippen LogP contribution is 2.38. The highest BCUT2D eigenvalue weighted by atomic mass is 32.1. The fourth-order valence-electron chi connectivity index (χ4n) is 3.79. The number of rotatable bonds is 7. The van der Waals surface area contributed by atoms with Crippen molar-refractivity contribution in [2.45, 2.75) is 78.2 Å². The Morgan fingerprint density at radius 1 is 1.10 bits per heavy atom. The minimum Gasteiger partial charge on any atom is -0.481 e. The first-order valence-electron chi connectivity index (χ1n) is 11.1. The fourth-order valence-corrected chi connectivity index (χ4v) is 5.07. The number of carbonyl (C=O) groups excluding carboxylic acids is 2. The minimum absolute atomic E-state index is 0.0574. The largest absolute Gasteiger partial charge is 0.481 e. The van der Waals surface area contributed by atoms with Crippen LogP contribution in [0.15, 0.2) is 24.3 Å². The highest BCUT2D eigenvalue weighted by molar-refractivity contribution is 7.17. The monoisotopic (exact) mass is 443 g/mol.